The van der Waals surface area contributed by atoms with Crippen LogP contribution in [0.2, 0.25) is 0 Å². The highest BCUT2D eigenvalue weighted by atomic mass is 19.4. The number of likely N-dealkylation sites (N-methyl/N-ethyl adjacent to an activating group) is 1. The highest BCUT2D eigenvalue weighted by molar-refractivity contribution is 5.93. The van der Waals surface area contributed by atoms with Gasteiger partial charge in [-0.1, -0.05) is 19.9 Å². The van der Waals surface area contributed by atoms with Gasteiger partial charge in [-0.25, -0.2) is 0 Å². The third kappa shape index (κ3) is 3.74. The molecule has 0 radical (unpaired) electrons. The second kappa shape index (κ2) is 8.52. The molecule has 36 heavy (non-hydrogen) atoms. The fraction of sp³-hybridized carbons (Fsp3) is 0.643. The number of anilines is 1. The summed E-state index contributed by atoms with van der Waals surface area (Å²) in [5.41, 5.74) is -1.01. The van der Waals surface area contributed by atoms with Crippen LogP contribution in [-0.4, -0.2) is 36.9 Å². The van der Waals surface area contributed by atoms with E-state index in [1.807, 2.05) is 11.9 Å². The summed E-state index contributed by atoms with van der Waals surface area (Å²) in [6.07, 6.45) is 4.87. The molecule has 3 saturated carbocycles. The molecule has 4 aliphatic rings. The number of nitrogens with zero attached hydrogens (tertiary/aromatic N) is 1. The maximum absolute atomic E-state index is 13.5. The zero-order valence-corrected chi connectivity index (χ0v) is 21.3. The van der Waals surface area contributed by atoms with Gasteiger partial charge >= 0.3 is 6.18 Å². The number of carbonyl (C=O) groups excluding carboxylic acids is 2. The van der Waals surface area contributed by atoms with Gasteiger partial charge in [-0.05, 0) is 86.0 Å². The van der Waals surface area contributed by atoms with E-state index in [9.17, 15) is 22.8 Å². The molecule has 0 bridgehead atoms. The first-order valence-electron chi connectivity index (χ1n) is 12.9. The average molecular weight is 505 g/mol. The number of alkyl halides is 3. The van der Waals surface area contributed by atoms with E-state index >= 15 is 0 Å². The van der Waals surface area contributed by atoms with Gasteiger partial charge in [0.05, 0.1) is 12.7 Å². The van der Waals surface area contributed by atoms with Crippen molar-refractivity contribution >= 4 is 17.5 Å². The molecule has 1 heterocycles. The maximum Gasteiger partial charge on any atom is 0.420 e. The molecule has 1 N–H and O–H groups in total. The van der Waals surface area contributed by atoms with Crippen LogP contribution in [0.3, 0.4) is 0 Å². The van der Waals surface area contributed by atoms with Gasteiger partial charge in [0.1, 0.15) is 5.75 Å². The number of amides is 2. The Labute approximate surface area is 210 Å². The zero-order chi connectivity index (χ0) is 26.0. The van der Waals surface area contributed by atoms with Crippen LogP contribution in [0.1, 0.15) is 57.9 Å². The molecule has 3 fully saturated rings. The van der Waals surface area contributed by atoms with Gasteiger partial charge in [-0.2, -0.15) is 13.2 Å². The quantitative estimate of drug-likeness (QED) is 0.557. The molecule has 5 nitrogen and oxygen atoms in total. The van der Waals surface area contributed by atoms with Gasteiger partial charge < -0.3 is 15.0 Å². The van der Waals surface area contributed by atoms with Crippen LogP contribution >= 0.6 is 0 Å². The van der Waals surface area contributed by atoms with Crippen molar-refractivity contribution in [1.29, 1.82) is 0 Å². The van der Waals surface area contributed by atoms with E-state index in [1.165, 1.54) is 19.2 Å². The number of halogens is 3. The molecule has 1 aromatic carbocycles. The summed E-state index contributed by atoms with van der Waals surface area (Å²) in [5, 5.41) is 2.79. The smallest absolute Gasteiger partial charge is 0.420 e. The SMILES string of the molecule is COc1ccc(NC(=O)C2CC[C@H]3[C@@H]4CCC5N(C)C(=O)C=C[C@]5(C)[C@@H]4CC[C@]23C)cc1C(F)(F)F. The normalized spacial score (nSPS) is 37.7. The van der Waals surface area contributed by atoms with Gasteiger partial charge in [0, 0.05) is 30.1 Å². The Balaban J connectivity index is 1.36. The molecule has 8 heteroatoms. The third-order valence-electron chi connectivity index (χ3n) is 10.2. The number of hydrogen-bond acceptors (Lipinski definition) is 3. The van der Waals surface area contributed by atoms with Crippen molar-refractivity contribution in [2.24, 2.45) is 34.5 Å². The Hall–Kier alpha value is -2.51. The maximum atomic E-state index is 13.5. The van der Waals surface area contributed by atoms with Crippen molar-refractivity contribution < 1.29 is 27.5 Å². The third-order valence-corrected chi connectivity index (χ3v) is 10.2. The summed E-state index contributed by atoms with van der Waals surface area (Å²) in [6.45, 7) is 4.50. The number of benzene rings is 1. The minimum Gasteiger partial charge on any atom is -0.496 e. The first-order valence-corrected chi connectivity index (χ1v) is 12.9. The van der Waals surface area contributed by atoms with Crippen molar-refractivity contribution in [1.82, 2.24) is 4.90 Å². The Morgan fingerprint density at radius 3 is 2.56 bits per heavy atom. The monoisotopic (exact) mass is 504 g/mol. The predicted molar refractivity (Wildman–Crippen MR) is 130 cm³/mol. The lowest BCUT2D eigenvalue weighted by molar-refractivity contribution is -0.141. The second-order valence-electron chi connectivity index (χ2n) is 11.7. The summed E-state index contributed by atoms with van der Waals surface area (Å²) < 4.78 is 45.3. The van der Waals surface area contributed by atoms with Crippen LogP contribution in [0, 0.1) is 34.5 Å². The van der Waals surface area contributed by atoms with Crippen LogP contribution in [0.15, 0.2) is 30.4 Å². The molecule has 2 amide bonds. The van der Waals surface area contributed by atoms with Crippen LogP contribution in [0.4, 0.5) is 18.9 Å². The summed E-state index contributed by atoms with van der Waals surface area (Å²) >= 11 is 0. The number of ether oxygens (including phenoxy) is 1. The first-order chi connectivity index (χ1) is 16.9. The molecule has 5 rings (SSSR count). The van der Waals surface area contributed by atoms with Gasteiger partial charge in [0.15, 0.2) is 0 Å². The molecule has 2 unspecified atom stereocenters. The Morgan fingerprint density at radius 1 is 1.11 bits per heavy atom. The van der Waals surface area contributed by atoms with Gasteiger partial charge in [-0.3, -0.25) is 9.59 Å². The molecule has 0 spiro atoms. The largest absolute Gasteiger partial charge is 0.496 e. The first kappa shape index (κ1) is 25.2. The van der Waals surface area contributed by atoms with E-state index in [0.29, 0.717) is 17.8 Å². The molecular weight excluding hydrogens is 469 g/mol. The number of hydrogen-bond donors (Lipinski definition) is 1. The standard InChI is InChI=1S/C28H35F3N2O3/c1-26-13-11-19-17(6-10-23-27(19,2)14-12-24(34)33(23)3)18(26)7-8-20(26)25(35)32-16-5-9-22(36-4)21(15-16)28(29,30)31/h5,9,12,14-15,17-20,23H,6-8,10-11,13H2,1-4H3,(H,32,35)/t17-,18-,19+,20?,23?,26-,27+/m0/s1. The number of methoxy groups -OCH3 is 1. The lowest BCUT2D eigenvalue weighted by Gasteiger charge is -2.60. The Bertz CT molecular complexity index is 1100. The fourth-order valence-electron chi connectivity index (χ4n) is 8.41. The van der Waals surface area contributed by atoms with Crippen LogP contribution in [-0.2, 0) is 15.8 Å². The average Bonchev–Trinajstić information content (AvgIpc) is 3.18. The molecule has 7 atom stereocenters. The molecule has 0 saturated heterocycles. The van der Waals surface area contributed by atoms with E-state index in [2.05, 4.69) is 25.2 Å². The highest BCUT2D eigenvalue weighted by Crippen LogP contribution is 2.65. The Morgan fingerprint density at radius 2 is 1.86 bits per heavy atom. The zero-order valence-electron chi connectivity index (χ0n) is 21.3. The van der Waals surface area contributed by atoms with Crippen molar-refractivity contribution in [3.05, 3.63) is 35.9 Å². The Kier molecular flexibility index (Phi) is 5.95. The van der Waals surface area contributed by atoms with Crippen LogP contribution in [0.25, 0.3) is 0 Å². The minimum atomic E-state index is -4.57. The van der Waals surface area contributed by atoms with E-state index in [1.54, 1.807) is 6.08 Å². The fourth-order valence-corrected chi connectivity index (χ4v) is 8.41. The molecule has 196 valence electrons. The van der Waals surface area contributed by atoms with Crippen molar-refractivity contribution in [3.63, 3.8) is 0 Å². The predicted octanol–water partition coefficient (Wildman–Crippen LogP) is 5.91. The number of fused-ring (bicyclic) bond motifs is 5. The van der Waals surface area contributed by atoms with Gasteiger partial charge in [0.2, 0.25) is 11.8 Å². The second-order valence-corrected chi connectivity index (χ2v) is 11.7. The molecular formula is C28H35F3N2O3. The van der Waals surface area contributed by atoms with Crippen LogP contribution < -0.4 is 10.1 Å². The molecule has 3 aliphatic carbocycles. The minimum absolute atomic E-state index is 0.0651. The summed E-state index contributed by atoms with van der Waals surface area (Å²) in [6, 6.07) is 3.88. The van der Waals surface area contributed by atoms with E-state index in [0.717, 1.165) is 44.6 Å². The molecule has 0 aromatic heterocycles. The van der Waals surface area contributed by atoms with E-state index in [4.69, 9.17) is 4.74 Å². The van der Waals surface area contributed by atoms with Crippen molar-refractivity contribution in [2.45, 2.75) is 64.6 Å². The molecule has 1 aromatic rings. The van der Waals surface area contributed by atoms with Gasteiger partial charge in [0.25, 0.3) is 0 Å². The van der Waals surface area contributed by atoms with Crippen molar-refractivity contribution in [2.75, 3.05) is 19.5 Å². The summed E-state index contributed by atoms with van der Waals surface area (Å²) in [4.78, 5) is 27.6. The van der Waals surface area contributed by atoms with E-state index in [-0.39, 0.29) is 46.0 Å². The lowest BCUT2D eigenvalue weighted by atomic mass is 9.47. The number of carbonyl (C=O) groups is 2. The molecule has 1 aliphatic heterocycles. The van der Waals surface area contributed by atoms with Crippen molar-refractivity contribution in [3.8, 4) is 5.75 Å². The summed E-state index contributed by atoms with van der Waals surface area (Å²) in [7, 11) is 3.10. The number of nitrogens with one attached hydrogen (secondary N) is 1. The highest BCUT2D eigenvalue weighted by Gasteiger charge is 2.61. The van der Waals surface area contributed by atoms with Crippen LogP contribution in [0.5, 0.6) is 5.75 Å². The number of rotatable bonds is 3. The van der Waals surface area contributed by atoms with E-state index < -0.39 is 11.7 Å². The van der Waals surface area contributed by atoms with Gasteiger partial charge in [-0.15, -0.1) is 0 Å². The summed E-state index contributed by atoms with van der Waals surface area (Å²) in [5.74, 6) is 0.700. The topological polar surface area (TPSA) is 58.6 Å². The lowest BCUT2D eigenvalue weighted by Crippen LogP contribution is -2.59.